The molecule has 3 unspecified atom stereocenters. The van der Waals surface area contributed by atoms with Crippen LogP contribution in [0.5, 0.6) is 0 Å². The number of rotatable bonds is 3. The smallest absolute Gasteiger partial charge is 0.237 e. The largest absolute Gasteiger partial charge is 0.352 e. The second-order valence-corrected chi connectivity index (χ2v) is 6.55. The van der Waals surface area contributed by atoms with Crippen LogP contribution in [0.4, 0.5) is 0 Å². The maximum Gasteiger partial charge on any atom is 0.237 e. The van der Waals surface area contributed by atoms with Gasteiger partial charge in [-0.1, -0.05) is 50.5 Å². The Morgan fingerprint density at radius 1 is 1.27 bits per heavy atom. The molecule has 1 fully saturated rings. The summed E-state index contributed by atoms with van der Waals surface area (Å²) in [5.74, 6) is 0.982. The zero-order valence-corrected chi connectivity index (χ0v) is 14.1. The third kappa shape index (κ3) is 4.02. The van der Waals surface area contributed by atoms with Crippen molar-refractivity contribution >= 4 is 18.3 Å². The minimum atomic E-state index is -0.0677. The molecule has 0 aromatic heterocycles. The van der Waals surface area contributed by atoms with Crippen LogP contribution in [0.2, 0.25) is 0 Å². The third-order valence-electron chi connectivity index (χ3n) is 5.10. The normalized spacial score (nSPS) is 27.4. The molecule has 3 atom stereocenters. The lowest BCUT2D eigenvalue weighted by atomic mass is 9.84. The molecule has 122 valence electrons. The van der Waals surface area contributed by atoms with E-state index in [1.54, 1.807) is 0 Å². The Labute approximate surface area is 139 Å². The number of hydrogen-bond donors (Lipinski definition) is 2. The van der Waals surface area contributed by atoms with Crippen LogP contribution in [0.1, 0.15) is 50.2 Å². The molecule has 1 aromatic rings. The Morgan fingerprint density at radius 3 is 2.82 bits per heavy atom. The molecule has 1 aliphatic heterocycles. The van der Waals surface area contributed by atoms with Gasteiger partial charge in [-0.15, -0.1) is 12.4 Å². The zero-order chi connectivity index (χ0) is 14.7. The van der Waals surface area contributed by atoms with E-state index in [0.717, 1.165) is 31.7 Å². The predicted molar refractivity (Wildman–Crippen MR) is 92.2 cm³/mol. The first-order valence-corrected chi connectivity index (χ1v) is 8.36. The fourth-order valence-corrected chi connectivity index (χ4v) is 3.73. The van der Waals surface area contributed by atoms with Gasteiger partial charge in [0, 0.05) is 12.6 Å². The van der Waals surface area contributed by atoms with Crippen LogP contribution in [-0.4, -0.2) is 18.0 Å². The second kappa shape index (κ2) is 7.98. The fourth-order valence-electron chi connectivity index (χ4n) is 3.73. The highest BCUT2D eigenvalue weighted by molar-refractivity contribution is 5.85. The summed E-state index contributed by atoms with van der Waals surface area (Å²) < 4.78 is 0. The molecule has 3 rings (SSSR count). The number of fused-ring (bicyclic) bond motifs is 1. The lowest BCUT2D eigenvalue weighted by Gasteiger charge is -2.32. The quantitative estimate of drug-likeness (QED) is 0.897. The fraction of sp³-hybridized carbons (Fsp3) is 0.611. The van der Waals surface area contributed by atoms with Gasteiger partial charge in [-0.3, -0.25) is 4.79 Å². The standard InChI is InChI=1S/C18H26N2O.ClH/c1-2-13-6-5-9-16(10-13)20-18(21)17-11-14-7-3-4-8-15(14)12-19-17;/h3-4,7-8,13,16-17,19H,2,5-6,9-12H2,1H3,(H,20,21);1H. The van der Waals surface area contributed by atoms with Crippen LogP contribution in [0.25, 0.3) is 0 Å². The van der Waals surface area contributed by atoms with Gasteiger partial charge in [-0.2, -0.15) is 0 Å². The van der Waals surface area contributed by atoms with Gasteiger partial charge in [0.25, 0.3) is 0 Å². The third-order valence-corrected chi connectivity index (χ3v) is 5.10. The van der Waals surface area contributed by atoms with E-state index in [1.807, 2.05) is 0 Å². The molecule has 1 heterocycles. The monoisotopic (exact) mass is 322 g/mol. The van der Waals surface area contributed by atoms with Crippen molar-refractivity contribution in [3.05, 3.63) is 35.4 Å². The molecular weight excluding hydrogens is 296 g/mol. The molecule has 0 spiro atoms. The summed E-state index contributed by atoms with van der Waals surface area (Å²) in [5, 5.41) is 6.66. The van der Waals surface area contributed by atoms with Crippen LogP contribution in [0.15, 0.2) is 24.3 Å². The van der Waals surface area contributed by atoms with Crippen LogP contribution in [-0.2, 0) is 17.8 Å². The minimum absolute atomic E-state index is 0. The summed E-state index contributed by atoms with van der Waals surface area (Å²) in [7, 11) is 0. The Morgan fingerprint density at radius 2 is 2.05 bits per heavy atom. The summed E-state index contributed by atoms with van der Waals surface area (Å²) >= 11 is 0. The average molecular weight is 323 g/mol. The number of benzene rings is 1. The Balaban J connectivity index is 0.00000176. The summed E-state index contributed by atoms with van der Waals surface area (Å²) in [6.07, 6.45) is 6.94. The van der Waals surface area contributed by atoms with Gasteiger partial charge in [-0.25, -0.2) is 0 Å². The van der Waals surface area contributed by atoms with Crippen LogP contribution in [0, 0.1) is 5.92 Å². The molecule has 2 aliphatic rings. The summed E-state index contributed by atoms with van der Waals surface area (Å²) in [5.41, 5.74) is 2.64. The van der Waals surface area contributed by atoms with E-state index in [1.165, 1.54) is 30.4 Å². The van der Waals surface area contributed by atoms with Crippen molar-refractivity contribution in [2.24, 2.45) is 5.92 Å². The molecule has 3 nitrogen and oxygen atoms in total. The van der Waals surface area contributed by atoms with Gasteiger partial charge in [0.05, 0.1) is 6.04 Å². The summed E-state index contributed by atoms with van der Waals surface area (Å²) in [4.78, 5) is 12.5. The van der Waals surface area contributed by atoms with E-state index in [2.05, 4.69) is 41.8 Å². The number of carbonyl (C=O) groups excluding carboxylic acids is 1. The lowest BCUT2D eigenvalue weighted by molar-refractivity contribution is -0.124. The van der Waals surface area contributed by atoms with E-state index >= 15 is 0 Å². The van der Waals surface area contributed by atoms with Crippen LogP contribution >= 0.6 is 12.4 Å². The van der Waals surface area contributed by atoms with Crippen LogP contribution in [0.3, 0.4) is 0 Å². The van der Waals surface area contributed by atoms with E-state index in [-0.39, 0.29) is 24.4 Å². The number of amides is 1. The molecule has 1 saturated carbocycles. The zero-order valence-electron chi connectivity index (χ0n) is 13.3. The highest BCUT2D eigenvalue weighted by Crippen LogP contribution is 2.26. The Bertz CT molecular complexity index is 506. The maximum atomic E-state index is 12.5. The number of nitrogens with one attached hydrogen (secondary N) is 2. The summed E-state index contributed by atoms with van der Waals surface area (Å²) in [6, 6.07) is 8.73. The van der Waals surface area contributed by atoms with Crippen molar-refractivity contribution < 1.29 is 4.79 Å². The molecular formula is C18H27ClN2O. The molecule has 22 heavy (non-hydrogen) atoms. The van der Waals surface area contributed by atoms with Crippen molar-refractivity contribution in [2.45, 2.75) is 64.1 Å². The van der Waals surface area contributed by atoms with Crippen molar-refractivity contribution in [2.75, 3.05) is 0 Å². The van der Waals surface area contributed by atoms with E-state index in [4.69, 9.17) is 0 Å². The maximum absolute atomic E-state index is 12.5. The van der Waals surface area contributed by atoms with E-state index in [0.29, 0.717) is 6.04 Å². The minimum Gasteiger partial charge on any atom is -0.352 e. The van der Waals surface area contributed by atoms with Gasteiger partial charge in [-0.05, 0) is 36.3 Å². The Hall–Kier alpha value is -1.06. The van der Waals surface area contributed by atoms with Crippen LogP contribution < -0.4 is 10.6 Å². The Kier molecular flexibility index (Phi) is 6.27. The molecule has 1 amide bonds. The summed E-state index contributed by atoms with van der Waals surface area (Å²) in [6.45, 7) is 3.06. The first-order chi connectivity index (χ1) is 10.3. The topological polar surface area (TPSA) is 41.1 Å². The molecule has 4 heteroatoms. The van der Waals surface area contributed by atoms with Crippen molar-refractivity contribution in [3.63, 3.8) is 0 Å². The molecule has 1 aliphatic carbocycles. The number of hydrogen-bond acceptors (Lipinski definition) is 2. The second-order valence-electron chi connectivity index (χ2n) is 6.55. The highest BCUT2D eigenvalue weighted by Gasteiger charge is 2.27. The van der Waals surface area contributed by atoms with Crippen molar-refractivity contribution in [3.8, 4) is 0 Å². The number of carbonyl (C=O) groups is 1. The van der Waals surface area contributed by atoms with Gasteiger partial charge in [0.15, 0.2) is 0 Å². The first-order valence-electron chi connectivity index (χ1n) is 8.36. The highest BCUT2D eigenvalue weighted by atomic mass is 35.5. The van der Waals surface area contributed by atoms with E-state index in [9.17, 15) is 4.79 Å². The molecule has 0 bridgehead atoms. The number of halogens is 1. The average Bonchev–Trinajstić information content (AvgIpc) is 2.54. The van der Waals surface area contributed by atoms with Gasteiger partial charge >= 0.3 is 0 Å². The lowest BCUT2D eigenvalue weighted by Crippen LogP contribution is -2.51. The predicted octanol–water partition coefficient (Wildman–Crippen LogP) is 3.21. The van der Waals surface area contributed by atoms with Crippen molar-refractivity contribution in [1.82, 2.24) is 10.6 Å². The van der Waals surface area contributed by atoms with Gasteiger partial charge in [0.2, 0.25) is 5.91 Å². The molecule has 0 radical (unpaired) electrons. The molecule has 1 aromatic carbocycles. The van der Waals surface area contributed by atoms with E-state index < -0.39 is 0 Å². The van der Waals surface area contributed by atoms with Crippen molar-refractivity contribution in [1.29, 1.82) is 0 Å². The SMILES string of the molecule is CCC1CCCC(NC(=O)C2Cc3ccccc3CN2)C1.Cl. The van der Waals surface area contributed by atoms with Gasteiger partial charge < -0.3 is 10.6 Å². The van der Waals surface area contributed by atoms with Gasteiger partial charge in [0.1, 0.15) is 0 Å². The molecule has 2 N–H and O–H groups in total. The first kappa shape index (κ1) is 17.3. The molecule has 0 saturated heterocycles.